The van der Waals surface area contributed by atoms with Crippen LogP contribution >= 0.6 is 0 Å². The van der Waals surface area contributed by atoms with Crippen molar-refractivity contribution in [2.45, 2.75) is 38.1 Å². The predicted octanol–water partition coefficient (Wildman–Crippen LogP) is 2.80. The summed E-state index contributed by atoms with van der Waals surface area (Å²) >= 11 is 0. The number of aryl methyl sites for hydroxylation is 1. The molecular weight excluding hydrogens is 290 g/mol. The molecule has 1 atom stereocenters. The summed E-state index contributed by atoms with van der Waals surface area (Å²) in [5.74, 6) is 0.952. The van der Waals surface area contributed by atoms with Gasteiger partial charge in [-0.05, 0) is 31.4 Å². The average molecular weight is 307 g/mol. The highest BCUT2D eigenvalue weighted by Crippen LogP contribution is 2.53. The number of aromatic nitrogens is 3. The first kappa shape index (κ1) is 13.2. The molecule has 0 saturated heterocycles. The van der Waals surface area contributed by atoms with Crippen LogP contribution in [0.3, 0.4) is 0 Å². The lowest BCUT2D eigenvalue weighted by Gasteiger charge is -2.31. The van der Waals surface area contributed by atoms with Crippen LogP contribution in [0.2, 0.25) is 0 Å². The van der Waals surface area contributed by atoms with Gasteiger partial charge in [-0.3, -0.25) is 4.98 Å². The lowest BCUT2D eigenvalue weighted by molar-refractivity contribution is -0.0827. The highest BCUT2D eigenvalue weighted by Gasteiger charge is 2.54. The van der Waals surface area contributed by atoms with Crippen molar-refractivity contribution < 1.29 is 9.84 Å². The van der Waals surface area contributed by atoms with E-state index in [-0.39, 0.29) is 5.60 Å². The van der Waals surface area contributed by atoms with Crippen molar-refractivity contribution >= 4 is 5.52 Å². The summed E-state index contributed by atoms with van der Waals surface area (Å²) in [6.45, 7) is 2.52. The number of ether oxygens (including phenoxy) is 1. The number of hydrogen-bond donors (Lipinski definition) is 1. The van der Waals surface area contributed by atoms with Crippen LogP contribution in [0.15, 0.2) is 36.9 Å². The zero-order valence-electron chi connectivity index (χ0n) is 12.9. The van der Waals surface area contributed by atoms with Crippen molar-refractivity contribution in [3.63, 3.8) is 0 Å². The molecule has 1 saturated carbocycles. The molecule has 3 aromatic rings. The van der Waals surface area contributed by atoms with Gasteiger partial charge in [0.1, 0.15) is 11.9 Å². The highest BCUT2D eigenvalue weighted by molar-refractivity contribution is 5.69. The molecule has 0 amide bonds. The van der Waals surface area contributed by atoms with E-state index in [0.717, 1.165) is 46.4 Å². The van der Waals surface area contributed by atoms with E-state index in [1.807, 2.05) is 19.3 Å². The van der Waals surface area contributed by atoms with E-state index in [4.69, 9.17) is 4.74 Å². The molecule has 1 N–H and O–H groups in total. The van der Waals surface area contributed by atoms with Gasteiger partial charge in [0.05, 0.1) is 23.9 Å². The Bertz CT molecular complexity index is 927. The zero-order chi connectivity index (χ0) is 15.6. The fraction of sp³-hybridized carbons (Fsp3) is 0.333. The Labute approximate surface area is 133 Å². The topological polar surface area (TPSA) is 59.7 Å². The SMILES string of the molecule is Cc1ncc2ccc(-c3cncc4c3COC3(CC3)C4O)cn12. The summed E-state index contributed by atoms with van der Waals surface area (Å²) in [7, 11) is 0. The molecule has 1 unspecified atom stereocenters. The van der Waals surface area contributed by atoms with Crippen molar-refractivity contribution in [1.29, 1.82) is 0 Å². The number of nitrogens with zero attached hydrogens (tertiary/aromatic N) is 3. The van der Waals surface area contributed by atoms with E-state index >= 15 is 0 Å². The first-order valence-electron chi connectivity index (χ1n) is 7.91. The van der Waals surface area contributed by atoms with Gasteiger partial charge in [0.25, 0.3) is 0 Å². The maximum absolute atomic E-state index is 10.6. The average Bonchev–Trinajstić information content (AvgIpc) is 3.28. The molecule has 5 nitrogen and oxygen atoms in total. The van der Waals surface area contributed by atoms with Gasteiger partial charge in [0, 0.05) is 35.3 Å². The Balaban J connectivity index is 1.68. The van der Waals surface area contributed by atoms with E-state index in [9.17, 15) is 5.11 Å². The molecule has 3 aromatic heterocycles. The second kappa shape index (κ2) is 4.40. The predicted molar refractivity (Wildman–Crippen MR) is 84.9 cm³/mol. The minimum Gasteiger partial charge on any atom is -0.385 e. The van der Waals surface area contributed by atoms with Crippen LogP contribution in [0.25, 0.3) is 16.6 Å². The Morgan fingerprint density at radius 3 is 2.96 bits per heavy atom. The van der Waals surface area contributed by atoms with E-state index in [1.165, 1.54) is 0 Å². The molecule has 4 heterocycles. The maximum Gasteiger partial charge on any atom is 0.110 e. The summed E-state index contributed by atoms with van der Waals surface area (Å²) in [4.78, 5) is 8.71. The number of aliphatic hydroxyl groups excluding tert-OH is 1. The van der Waals surface area contributed by atoms with Gasteiger partial charge in [-0.2, -0.15) is 0 Å². The first-order chi connectivity index (χ1) is 11.2. The highest BCUT2D eigenvalue weighted by atomic mass is 16.5. The summed E-state index contributed by atoms with van der Waals surface area (Å²) < 4.78 is 8.04. The Kier molecular flexibility index (Phi) is 2.53. The third-order valence-electron chi connectivity index (χ3n) is 5.15. The van der Waals surface area contributed by atoms with Crippen molar-refractivity contribution in [1.82, 2.24) is 14.4 Å². The van der Waals surface area contributed by atoms with E-state index < -0.39 is 6.10 Å². The Morgan fingerprint density at radius 2 is 2.13 bits per heavy atom. The molecule has 1 aliphatic carbocycles. The third kappa shape index (κ3) is 1.81. The number of hydrogen-bond acceptors (Lipinski definition) is 4. The van der Waals surface area contributed by atoms with E-state index in [1.54, 1.807) is 6.20 Å². The van der Waals surface area contributed by atoms with Crippen LogP contribution < -0.4 is 0 Å². The molecule has 23 heavy (non-hydrogen) atoms. The monoisotopic (exact) mass is 307 g/mol. The van der Waals surface area contributed by atoms with Gasteiger partial charge in [0.15, 0.2) is 0 Å². The molecule has 0 bridgehead atoms. The number of pyridine rings is 2. The van der Waals surface area contributed by atoms with Crippen LogP contribution in [-0.2, 0) is 11.3 Å². The van der Waals surface area contributed by atoms with Crippen LogP contribution in [0, 0.1) is 6.92 Å². The minimum absolute atomic E-state index is 0.349. The van der Waals surface area contributed by atoms with Gasteiger partial charge in [-0.1, -0.05) is 6.07 Å². The number of aliphatic hydroxyl groups is 1. The molecule has 116 valence electrons. The molecule has 1 aliphatic heterocycles. The molecule has 0 radical (unpaired) electrons. The van der Waals surface area contributed by atoms with E-state index in [2.05, 4.69) is 32.7 Å². The van der Waals surface area contributed by atoms with Crippen LogP contribution in [0.5, 0.6) is 0 Å². The second-order valence-electron chi connectivity index (χ2n) is 6.53. The molecule has 5 rings (SSSR count). The minimum atomic E-state index is -0.572. The summed E-state index contributed by atoms with van der Waals surface area (Å²) in [6.07, 6.45) is 8.86. The second-order valence-corrected chi connectivity index (χ2v) is 6.53. The molecule has 1 spiro atoms. The van der Waals surface area contributed by atoms with Crippen LogP contribution in [0.1, 0.15) is 35.9 Å². The Hall–Kier alpha value is -2.24. The lowest BCUT2D eigenvalue weighted by atomic mass is 9.91. The standard InChI is InChI=1S/C18H17N3O2/c1-11-20-6-13-3-2-12(9-21(11)13)14-7-19-8-15-16(14)10-23-18(4-5-18)17(15)22/h2-3,6-9,17,22H,4-5,10H2,1H3. The Morgan fingerprint density at radius 1 is 1.26 bits per heavy atom. The normalized spacial score (nSPS) is 21.6. The number of imidazole rings is 1. The molecule has 0 aromatic carbocycles. The largest absolute Gasteiger partial charge is 0.385 e. The lowest BCUT2D eigenvalue weighted by Crippen LogP contribution is -2.30. The van der Waals surface area contributed by atoms with Crippen LogP contribution in [0.4, 0.5) is 0 Å². The molecule has 1 fully saturated rings. The zero-order valence-corrected chi connectivity index (χ0v) is 12.9. The van der Waals surface area contributed by atoms with Gasteiger partial charge < -0.3 is 14.2 Å². The van der Waals surface area contributed by atoms with Gasteiger partial charge in [-0.25, -0.2) is 4.98 Å². The van der Waals surface area contributed by atoms with Crippen molar-refractivity contribution in [2.75, 3.05) is 0 Å². The number of rotatable bonds is 1. The fourth-order valence-electron chi connectivity index (χ4n) is 3.55. The van der Waals surface area contributed by atoms with Crippen molar-refractivity contribution in [3.05, 3.63) is 53.9 Å². The maximum atomic E-state index is 10.6. The molecular formula is C18H17N3O2. The van der Waals surface area contributed by atoms with Gasteiger partial charge in [0.2, 0.25) is 0 Å². The summed E-state index contributed by atoms with van der Waals surface area (Å²) in [5, 5.41) is 10.6. The van der Waals surface area contributed by atoms with Crippen molar-refractivity contribution in [2.24, 2.45) is 0 Å². The molecule has 2 aliphatic rings. The third-order valence-corrected chi connectivity index (χ3v) is 5.15. The molecule has 5 heteroatoms. The summed E-state index contributed by atoms with van der Waals surface area (Å²) in [5.41, 5.74) is 4.75. The first-order valence-corrected chi connectivity index (χ1v) is 7.91. The number of fused-ring (bicyclic) bond motifs is 2. The van der Waals surface area contributed by atoms with Crippen LogP contribution in [-0.4, -0.2) is 25.1 Å². The fourth-order valence-corrected chi connectivity index (χ4v) is 3.55. The van der Waals surface area contributed by atoms with Gasteiger partial charge in [-0.15, -0.1) is 0 Å². The smallest absolute Gasteiger partial charge is 0.110 e. The quantitative estimate of drug-likeness (QED) is 0.751. The van der Waals surface area contributed by atoms with Gasteiger partial charge >= 0.3 is 0 Å². The van der Waals surface area contributed by atoms with E-state index in [0.29, 0.717) is 6.61 Å². The summed E-state index contributed by atoms with van der Waals surface area (Å²) in [6, 6.07) is 4.12. The van der Waals surface area contributed by atoms with Crippen molar-refractivity contribution in [3.8, 4) is 11.1 Å².